The molecule has 0 radical (unpaired) electrons. The van der Waals surface area contributed by atoms with Crippen molar-refractivity contribution in [1.29, 1.82) is 0 Å². The van der Waals surface area contributed by atoms with Crippen molar-refractivity contribution in [2.45, 2.75) is 32.4 Å². The van der Waals surface area contributed by atoms with Crippen molar-refractivity contribution in [3.05, 3.63) is 92.3 Å². The second-order valence-corrected chi connectivity index (χ2v) is 8.30. The maximum absolute atomic E-state index is 13.4. The predicted molar refractivity (Wildman–Crippen MR) is 118 cm³/mol. The van der Waals surface area contributed by atoms with E-state index in [2.05, 4.69) is 4.98 Å². The van der Waals surface area contributed by atoms with E-state index in [1.807, 2.05) is 41.8 Å². The highest BCUT2D eigenvalue weighted by Crippen LogP contribution is 2.30. The first kappa shape index (κ1) is 18.9. The number of fused-ring (bicyclic) bond motifs is 1. The van der Waals surface area contributed by atoms with Crippen molar-refractivity contribution in [2.24, 2.45) is 5.92 Å². The molecule has 1 saturated carbocycles. The number of hydrogen-bond acceptors (Lipinski definition) is 3. The zero-order chi connectivity index (χ0) is 20.8. The van der Waals surface area contributed by atoms with Crippen LogP contribution in [0, 0.1) is 5.92 Å². The van der Waals surface area contributed by atoms with Crippen LogP contribution in [0.4, 0.5) is 0 Å². The van der Waals surface area contributed by atoms with Gasteiger partial charge >= 0.3 is 5.69 Å². The minimum atomic E-state index is -0.362. The second kappa shape index (κ2) is 7.29. The average Bonchev–Trinajstić information content (AvgIpc) is 3.48. The van der Waals surface area contributed by atoms with E-state index in [4.69, 9.17) is 11.6 Å². The van der Waals surface area contributed by atoms with Gasteiger partial charge in [0.2, 0.25) is 0 Å². The number of rotatable bonds is 5. The van der Waals surface area contributed by atoms with Gasteiger partial charge in [0.25, 0.3) is 5.56 Å². The molecule has 6 nitrogen and oxygen atoms in total. The zero-order valence-corrected chi connectivity index (χ0v) is 17.3. The third-order valence-corrected chi connectivity index (χ3v) is 6.03. The summed E-state index contributed by atoms with van der Waals surface area (Å²) in [4.78, 5) is 31.3. The molecule has 5 rings (SSSR count). The Kier molecular flexibility index (Phi) is 4.59. The molecule has 0 spiro atoms. The van der Waals surface area contributed by atoms with Crippen LogP contribution in [-0.4, -0.2) is 18.7 Å². The maximum atomic E-state index is 13.4. The normalized spacial score (nSPS) is 14.9. The molecule has 2 aromatic carbocycles. The van der Waals surface area contributed by atoms with Crippen LogP contribution in [0.3, 0.4) is 0 Å². The van der Waals surface area contributed by atoms with Gasteiger partial charge in [0, 0.05) is 11.6 Å². The molecule has 0 N–H and O–H groups in total. The Morgan fingerprint density at radius 1 is 1.07 bits per heavy atom. The molecule has 2 heterocycles. The fourth-order valence-electron chi connectivity index (χ4n) is 3.88. The first-order valence-electron chi connectivity index (χ1n) is 10.1. The summed E-state index contributed by atoms with van der Waals surface area (Å²) in [6.07, 6.45) is 3.74. The van der Waals surface area contributed by atoms with Crippen LogP contribution < -0.4 is 11.2 Å². The summed E-state index contributed by atoms with van der Waals surface area (Å²) < 4.78 is 4.75. The molecule has 0 aliphatic heterocycles. The number of benzene rings is 2. The van der Waals surface area contributed by atoms with Crippen LogP contribution in [0.5, 0.6) is 0 Å². The molecule has 2 aromatic heterocycles. The van der Waals surface area contributed by atoms with E-state index < -0.39 is 0 Å². The summed E-state index contributed by atoms with van der Waals surface area (Å²) in [5, 5.41) is 0.581. The number of nitrogens with zero attached hydrogens (tertiary/aromatic N) is 4. The van der Waals surface area contributed by atoms with E-state index in [1.54, 1.807) is 30.6 Å². The summed E-state index contributed by atoms with van der Waals surface area (Å²) in [6.45, 7) is 2.46. The first-order chi connectivity index (χ1) is 14.5. The minimum absolute atomic E-state index is 0.102. The topological polar surface area (TPSA) is 61.8 Å². The minimum Gasteiger partial charge on any atom is -0.317 e. The highest BCUT2D eigenvalue weighted by Gasteiger charge is 2.27. The Hall–Kier alpha value is -3.12. The van der Waals surface area contributed by atoms with Crippen LogP contribution in [0.25, 0.3) is 16.9 Å². The summed E-state index contributed by atoms with van der Waals surface area (Å²) in [6, 6.07) is 16.9. The molecule has 1 unspecified atom stereocenters. The first-order valence-corrected chi connectivity index (χ1v) is 10.5. The smallest absolute Gasteiger partial charge is 0.317 e. The molecule has 30 heavy (non-hydrogen) atoms. The highest BCUT2D eigenvalue weighted by atomic mass is 35.5. The quantitative estimate of drug-likeness (QED) is 0.490. The molecule has 152 valence electrons. The van der Waals surface area contributed by atoms with Gasteiger partial charge < -0.3 is 4.57 Å². The highest BCUT2D eigenvalue weighted by molar-refractivity contribution is 6.30. The van der Waals surface area contributed by atoms with Gasteiger partial charge in [0.1, 0.15) is 0 Å². The molecule has 1 aliphatic rings. The lowest BCUT2D eigenvalue weighted by atomic mass is 10.1. The van der Waals surface area contributed by atoms with Crippen molar-refractivity contribution in [1.82, 2.24) is 18.7 Å². The van der Waals surface area contributed by atoms with E-state index in [1.165, 1.54) is 9.13 Å². The summed E-state index contributed by atoms with van der Waals surface area (Å²) in [5.74, 6) is 0.384. The van der Waals surface area contributed by atoms with Crippen molar-refractivity contribution in [3.63, 3.8) is 0 Å². The van der Waals surface area contributed by atoms with Crippen LogP contribution in [0.15, 0.2) is 70.5 Å². The van der Waals surface area contributed by atoms with Crippen LogP contribution in [-0.2, 0) is 6.54 Å². The molecule has 4 aromatic rings. The third kappa shape index (κ3) is 3.17. The van der Waals surface area contributed by atoms with Gasteiger partial charge in [-0.3, -0.25) is 9.36 Å². The Labute approximate surface area is 178 Å². The van der Waals surface area contributed by atoms with E-state index in [-0.39, 0.29) is 17.3 Å². The van der Waals surface area contributed by atoms with Crippen LogP contribution in [0.1, 0.15) is 31.4 Å². The lowest BCUT2D eigenvalue weighted by Crippen LogP contribution is -2.40. The number of imidazole rings is 1. The lowest BCUT2D eigenvalue weighted by Gasteiger charge is -2.16. The van der Waals surface area contributed by atoms with Gasteiger partial charge in [-0.25, -0.2) is 14.3 Å². The van der Waals surface area contributed by atoms with Gasteiger partial charge in [0.05, 0.1) is 18.1 Å². The second-order valence-electron chi connectivity index (χ2n) is 7.86. The van der Waals surface area contributed by atoms with Crippen molar-refractivity contribution in [3.8, 4) is 5.69 Å². The van der Waals surface area contributed by atoms with Gasteiger partial charge in [-0.1, -0.05) is 41.9 Å². The largest absolute Gasteiger partial charge is 0.337 e. The molecule has 1 atom stereocenters. The van der Waals surface area contributed by atoms with Crippen molar-refractivity contribution in [2.75, 3.05) is 0 Å². The van der Waals surface area contributed by atoms with E-state index >= 15 is 0 Å². The SMILES string of the molecule is CC(c1ccccc1)n1cnc2c1c(=O)n(CC1CC1)c(=O)n2-c1ccc(Cl)cc1. The van der Waals surface area contributed by atoms with E-state index in [0.29, 0.717) is 34.3 Å². The molecule has 0 saturated heterocycles. The summed E-state index contributed by atoms with van der Waals surface area (Å²) >= 11 is 6.04. The van der Waals surface area contributed by atoms with Crippen molar-refractivity contribution < 1.29 is 0 Å². The number of hydrogen-bond donors (Lipinski definition) is 0. The Morgan fingerprint density at radius 2 is 1.77 bits per heavy atom. The monoisotopic (exact) mass is 420 g/mol. The number of aromatic nitrogens is 4. The molecule has 0 amide bonds. The fourth-order valence-corrected chi connectivity index (χ4v) is 4.00. The van der Waals surface area contributed by atoms with E-state index in [9.17, 15) is 9.59 Å². The van der Waals surface area contributed by atoms with Crippen LogP contribution >= 0.6 is 11.6 Å². The standard InChI is InChI=1S/C23H21ClN4O2/c1-15(17-5-3-2-4-6-17)27-14-25-21-20(27)22(29)26(13-16-7-8-16)23(30)28(21)19-11-9-18(24)10-12-19/h2-6,9-12,14-16H,7-8,13H2,1H3. The molecule has 1 fully saturated rings. The Bertz CT molecular complexity index is 1330. The Morgan fingerprint density at radius 3 is 2.43 bits per heavy atom. The van der Waals surface area contributed by atoms with Gasteiger partial charge in [-0.05, 0) is 55.5 Å². The lowest BCUT2D eigenvalue weighted by molar-refractivity contribution is 0.564. The fraction of sp³-hybridized carbons (Fsp3) is 0.261. The van der Waals surface area contributed by atoms with Crippen molar-refractivity contribution >= 4 is 22.8 Å². The van der Waals surface area contributed by atoms with Gasteiger partial charge in [-0.2, -0.15) is 0 Å². The predicted octanol–water partition coefficient (Wildman–Crippen LogP) is 4.02. The summed E-state index contributed by atoms with van der Waals surface area (Å²) in [5.41, 5.74) is 1.85. The number of halogens is 1. The third-order valence-electron chi connectivity index (χ3n) is 5.78. The molecular weight excluding hydrogens is 400 g/mol. The molecule has 0 bridgehead atoms. The maximum Gasteiger partial charge on any atom is 0.337 e. The van der Waals surface area contributed by atoms with Gasteiger partial charge in [-0.15, -0.1) is 0 Å². The summed E-state index contributed by atoms with van der Waals surface area (Å²) in [7, 11) is 0. The van der Waals surface area contributed by atoms with Gasteiger partial charge in [0.15, 0.2) is 11.2 Å². The molecular formula is C23H21ClN4O2. The molecule has 7 heteroatoms. The average molecular weight is 421 g/mol. The Balaban J connectivity index is 1.79. The molecule has 1 aliphatic carbocycles. The zero-order valence-electron chi connectivity index (χ0n) is 16.5. The van der Waals surface area contributed by atoms with Crippen LogP contribution in [0.2, 0.25) is 5.02 Å². The van der Waals surface area contributed by atoms with E-state index in [0.717, 1.165) is 18.4 Å².